The number of aromatic nitrogens is 3. The van der Waals surface area contributed by atoms with Crippen molar-refractivity contribution >= 4 is 23.6 Å². The summed E-state index contributed by atoms with van der Waals surface area (Å²) in [6.45, 7) is 4.26. The summed E-state index contributed by atoms with van der Waals surface area (Å²) in [6, 6.07) is 14.5. The molecule has 174 valence electrons. The number of hydrogen-bond acceptors (Lipinski definition) is 6. The van der Waals surface area contributed by atoms with Crippen LogP contribution in [0.4, 0.5) is 5.95 Å². The number of furan rings is 1. The van der Waals surface area contributed by atoms with Crippen molar-refractivity contribution in [2.75, 3.05) is 36.8 Å². The topological polar surface area (TPSA) is 67.4 Å². The van der Waals surface area contributed by atoms with Crippen molar-refractivity contribution in [1.29, 1.82) is 0 Å². The molecule has 2 aliphatic heterocycles. The van der Waals surface area contributed by atoms with Gasteiger partial charge in [-0.05, 0) is 55.7 Å². The summed E-state index contributed by atoms with van der Waals surface area (Å²) < 4.78 is 7.66. The monoisotopic (exact) mass is 465 g/mol. The van der Waals surface area contributed by atoms with Gasteiger partial charge >= 0.3 is 0 Å². The Morgan fingerprint density at radius 1 is 1.00 bits per heavy atom. The molecule has 2 aromatic heterocycles. The molecule has 4 heterocycles. The average molecular weight is 466 g/mol. The van der Waals surface area contributed by atoms with Crippen molar-refractivity contribution in [3.63, 3.8) is 0 Å². The van der Waals surface area contributed by atoms with Crippen LogP contribution < -0.4 is 4.90 Å². The van der Waals surface area contributed by atoms with E-state index in [1.807, 2.05) is 17.0 Å². The number of benzene rings is 1. The second kappa shape index (κ2) is 10.5. The van der Waals surface area contributed by atoms with E-state index in [-0.39, 0.29) is 5.91 Å². The molecule has 5 rings (SSSR count). The van der Waals surface area contributed by atoms with Crippen LogP contribution in [0.3, 0.4) is 0 Å². The Hall–Kier alpha value is -2.74. The maximum atomic E-state index is 12.9. The summed E-state index contributed by atoms with van der Waals surface area (Å²) in [5.41, 5.74) is 1.39. The SMILES string of the molecule is O=C(CSc1nnc(N2CCCC2)n1Cc1ccco1)N1CCC(Cc2ccccc2)CC1. The Kier molecular flexibility index (Phi) is 7.00. The van der Waals surface area contributed by atoms with Gasteiger partial charge < -0.3 is 14.2 Å². The summed E-state index contributed by atoms with van der Waals surface area (Å²) in [7, 11) is 0. The molecule has 0 radical (unpaired) electrons. The summed E-state index contributed by atoms with van der Waals surface area (Å²) in [6.07, 6.45) is 7.28. The number of nitrogens with zero attached hydrogens (tertiary/aromatic N) is 5. The number of hydrogen-bond donors (Lipinski definition) is 0. The molecule has 7 nitrogen and oxygen atoms in total. The van der Waals surface area contributed by atoms with Crippen LogP contribution in [0.5, 0.6) is 0 Å². The molecule has 0 unspecified atom stereocenters. The van der Waals surface area contributed by atoms with Gasteiger partial charge in [-0.3, -0.25) is 9.36 Å². The summed E-state index contributed by atoms with van der Waals surface area (Å²) in [4.78, 5) is 17.2. The molecule has 2 fully saturated rings. The maximum absolute atomic E-state index is 12.9. The lowest BCUT2D eigenvalue weighted by molar-refractivity contribution is -0.129. The Morgan fingerprint density at radius 2 is 1.79 bits per heavy atom. The molecule has 0 N–H and O–H groups in total. The van der Waals surface area contributed by atoms with E-state index in [1.165, 1.54) is 30.2 Å². The van der Waals surface area contributed by atoms with Crippen LogP contribution in [-0.2, 0) is 17.8 Å². The summed E-state index contributed by atoms with van der Waals surface area (Å²) in [5, 5.41) is 9.69. The molecule has 8 heteroatoms. The van der Waals surface area contributed by atoms with E-state index >= 15 is 0 Å². The largest absolute Gasteiger partial charge is 0.467 e. The van der Waals surface area contributed by atoms with Crippen molar-refractivity contribution in [2.45, 2.75) is 43.8 Å². The predicted octanol–water partition coefficient (Wildman–Crippen LogP) is 4.09. The molecular formula is C25H31N5O2S. The quantitative estimate of drug-likeness (QED) is 0.467. The fourth-order valence-electron chi connectivity index (χ4n) is 4.79. The molecule has 0 saturated carbocycles. The normalized spacial score (nSPS) is 17.1. The third-order valence-corrected chi connectivity index (χ3v) is 7.59. The van der Waals surface area contributed by atoms with Crippen molar-refractivity contribution in [3.8, 4) is 0 Å². The fourth-order valence-corrected chi connectivity index (χ4v) is 5.62. The van der Waals surface area contributed by atoms with Crippen LogP contribution in [0.15, 0.2) is 58.3 Å². The van der Waals surface area contributed by atoms with Gasteiger partial charge in [-0.25, -0.2) is 0 Å². The molecule has 2 saturated heterocycles. The van der Waals surface area contributed by atoms with Crippen LogP contribution in [-0.4, -0.2) is 57.5 Å². The zero-order valence-corrected chi connectivity index (χ0v) is 19.8. The van der Waals surface area contributed by atoms with E-state index in [4.69, 9.17) is 4.42 Å². The number of likely N-dealkylation sites (tertiary alicyclic amines) is 1. The van der Waals surface area contributed by atoms with E-state index in [0.29, 0.717) is 18.2 Å². The van der Waals surface area contributed by atoms with Gasteiger partial charge in [0.2, 0.25) is 11.9 Å². The number of amides is 1. The van der Waals surface area contributed by atoms with Crippen LogP contribution in [0.1, 0.15) is 37.0 Å². The number of rotatable bonds is 8. The first-order chi connectivity index (χ1) is 16.3. The second-order valence-corrected chi connectivity index (χ2v) is 9.89. The van der Waals surface area contributed by atoms with E-state index in [9.17, 15) is 4.79 Å². The van der Waals surface area contributed by atoms with Gasteiger partial charge in [-0.1, -0.05) is 42.1 Å². The molecule has 0 aliphatic carbocycles. The predicted molar refractivity (Wildman–Crippen MR) is 129 cm³/mol. The van der Waals surface area contributed by atoms with E-state index in [2.05, 4.69) is 50.0 Å². The molecule has 3 aromatic rings. The molecule has 0 atom stereocenters. The first-order valence-electron chi connectivity index (χ1n) is 11.9. The van der Waals surface area contributed by atoms with E-state index in [0.717, 1.165) is 62.3 Å². The van der Waals surface area contributed by atoms with Gasteiger partial charge in [-0.15, -0.1) is 10.2 Å². The van der Waals surface area contributed by atoms with Crippen molar-refractivity contribution in [2.24, 2.45) is 5.92 Å². The molecule has 0 spiro atoms. The van der Waals surface area contributed by atoms with Crippen LogP contribution in [0, 0.1) is 5.92 Å². The van der Waals surface area contributed by atoms with Crippen LogP contribution in [0.25, 0.3) is 0 Å². The van der Waals surface area contributed by atoms with Crippen molar-refractivity contribution in [3.05, 3.63) is 60.1 Å². The molecular weight excluding hydrogens is 434 g/mol. The first kappa shape index (κ1) is 22.1. The highest BCUT2D eigenvalue weighted by molar-refractivity contribution is 7.99. The van der Waals surface area contributed by atoms with Gasteiger partial charge in [-0.2, -0.15) is 0 Å². The number of piperidine rings is 1. The standard InChI is InChI=1S/C25H31N5O2S/c31-23(28-14-10-21(11-15-28)17-20-7-2-1-3-8-20)19-33-25-27-26-24(29-12-4-5-13-29)30(25)18-22-9-6-16-32-22/h1-3,6-9,16,21H,4-5,10-15,17-19H2. The smallest absolute Gasteiger partial charge is 0.233 e. The zero-order valence-electron chi connectivity index (χ0n) is 18.9. The number of carbonyl (C=O) groups is 1. The lowest BCUT2D eigenvalue weighted by Crippen LogP contribution is -2.39. The first-order valence-corrected chi connectivity index (χ1v) is 12.9. The van der Waals surface area contributed by atoms with Gasteiger partial charge in [0.05, 0.1) is 18.6 Å². The highest BCUT2D eigenvalue weighted by Gasteiger charge is 2.25. The molecule has 33 heavy (non-hydrogen) atoms. The van der Waals surface area contributed by atoms with Crippen LogP contribution >= 0.6 is 11.8 Å². The lowest BCUT2D eigenvalue weighted by atomic mass is 9.90. The van der Waals surface area contributed by atoms with E-state index < -0.39 is 0 Å². The zero-order chi connectivity index (χ0) is 22.5. The van der Waals surface area contributed by atoms with Crippen molar-refractivity contribution in [1.82, 2.24) is 19.7 Å². The van der Waals surface area contributed by atoms with E-state index in [1.54, 1.807) is 6.26 Å². The van der Waals surface area contributed by atoms with Gasteiger partial charge in [0, 0.05) is 26.2 Å². The minimum atomic E-state index is 0.188. The van der Waals surface area contributed by atoms with Gasteiger partial charge in [0.15, 0.2) is 5.16 Å². The number of carbonyl (C=O) groups excluding carboxylic acids is 1. The fraction of sp³-hybridized carbons (Fsp3) is 0.480. The van der Waals surface area contributed by atoms with Gasteiger partial charge in [0.25, 0.3) is 0 Å². The molecule has 2 aliphatic rings. The number of anilines is 1. The molecule has 1 aromatic carbocycles. The Labute approximate surface area is 199 Å². The van der Waals surface area contributed by atoms with Crippen LogP contribution in [0.2, 0.25) is 0 Å². The number of thioether (sulfide) groups is 1. The average Bonchev–Trinajstić information content (AvgIpc) is 3.62. The highest BCUT2D eigenvalue weighted by atomic mass is 32.2. The summed E-state index contributed by atoms with van der Waals surface area (Å²) in [5.74, 6) is 2.97. The molecule has 1 amide bonds. The third-order valence-electron chi connectivity index (χ3n) is 6.64. The third kappa shape index (κ3) is 5.43. The Morgan fingerprint density at radius 3 is 2.52 bits per heavy atom. The van der Waals surface area contributed by atoms with Gasteiger partial charge in [0.1, 0.15) is 5.76 Å². The second-order valence-electron chi connectivity index (χ2n) is 8.94. The summed E-state index contributed by atoms with van der Waals surface area (Å²) >= 11 is 1.48. The minimum absolute atomic E-state index is 0.188. The van der Waals surface area contributed by atoms with Crippen molar-refractivity contribution < 1.29 is 9.21 Å². The minimum Gasteiger partial charge on any atom is -0.467 e. The Bertz CT molecular complexity index is 1020. The highest BCUT2D eigenvalue weighted by Crippen LogP contribution is 2.27. The maximum Gasteiger partial charge on any atom is 0.233 e. The lowest BCUT2D eigenvalue weighted by Gasteiger charge is -2.32. The Balaban J connectivity index is 1.17. The molecule has 0 bridgehead atoms.